The molecular formula is C21H17ClFN5O2. The first-order valence-electron chi connectivity index (χ1n) is 9.24. The van der Waals surface area contributed by atoms with Gasteiger partial charge < -0.3 is 10.1 Å². The minimum absolute atomic E-state index is 0.141. The molecule has 0 amide bonds. The van der Waals surface area contributed by atoms with Crippen molar-refractivity contribution in [3.63, 3.8) is 0 Å². The van der Waals surface area contributed by atoms with E-state index in [2.05, 4.69) is 25.6 Å². The number of halogens is 2. The fourth-order valence-electron chi connectivity index (χ4n) is 3.35. The molecule has 9 heteroatoms. The lowest BCUT2D eigenvalue weighted by molar-refractivity contribution is 0.103. The summed E-state index contributed by atoms with van der Waals surface area (Å²) in [5.41, 5.74) is 3.08. The summed E-state index contributed by atoms with van der Waals surface area (Å²) in [6, 6.07) is 11.7. The Bertz CT molecular complexity index is 1220. The number of ketones is 1. The van der Waals surface area contributed by atoms with Gasteiger partial charge in [0, 0.05) is 33.3 Å². The van der Waals surface area contributed by atoms with Gasteiger partial charge in [0.1, 0.15) is 11.6 Å². The monoisotopic (exact) mass is 425 g/mol. The first-order valence-corrected chi connectivity index (χ1v) is 9.62. The number of aliphatic hydroxyl groups excluding tert-OH is 1. The van der Waals surface area contributed by atoms with Crippen molar-refractivity contribution in [2.75, 3.05) is 0 Å². The summed E-state index contributed by atoms with van der Waals surface area (Å²) >= 11 is 6.14. The molecule has 0 spiro atoms. The normalized spacial score (nSPS) is 11.9. The first-order chi connectivity index (χ1) is 14.5. The number of nitrogens with one attached hydrogen (secondary N) is 2. The van der Waals surface area contributed by atoms with Crippen LogP contribution in [-0.2, 0) is 12.8 Å². The SMILES string of the molecule is O=C(C=C(O)c1c(CCCc2ccc(F)cc2)[nH]c2ccc(Cl)cc12)c1nn[nH]n1. The van der Waals surface area contributed by atoms with Crippen molar-refractivity contribution in [1.29, 1.82) is 0 Å². The van der Waals surface area contributed by atoms with E-state index in [-0.39, 0.29) is 17.4 Å². The van der Waals surface area contributed by atoms with Crippen molar-refractivity contribution in [2.45, 2.75) is 19.3 Å². The molecule has 0 aliphatic carbocycles. The lowest BCUT2D eigenvalue weighted by atomic mass is 10.0. The molecule has 0 unspecified atom stereocenters. The van der Waals surface area contributed by atoms with E-state index in [1.807, 2.05) is 6.07 Å². The smallest absolute Gasteiger partial charge is 0.244 e. The Balaban J connectivity index is 1.63. The average molecular weight is 426 g/mol. The van der Waals surface area contributed by atoms with Gasteiger partial charge >= 0.3 is 0 Å². The molecule has 2 heterocycles. The van der Waals surface area contributed by atoms with Gasteiger partial charge in [-0.2, -0.15) is 5.21 Å². The number of aromatic nitrogens is 5. The number of H-pyrrole nitrogens is 2. The van der Waals surface area contributed by atoms with E-state index >= 15 is 0 Å². The molecule has 3 N–H and O–H groups in total. The zero-order valence-electron chi connectivity index (χ0n) is 15.7. The highest BCUT2D eigenvalue weighted by atomic mass is 35.5. The van der Waals surface area contributed by atoms with Crippen molar-refractivity contribution in [3.8, 4) is 0 Å². The largest absolute Gasteiger partial charge is 0.507 e. The second-order valence-electron chi connectivity index (χ2n) is 6.78. The fraction of sp³-hybridized carbons (Fsp3) is 0.143. The molecule has 7 nitrogen and oxygen atoms in total. The van der Waals surface area contributed by atoms with Crippen molar-refractivity contribution in [1.82, 2.24) is 25.6 Å². The predicted octanol–water partition coefficient (Wildman–Crippen LogP) is 4.43. The number of hydrogen-bond acceptors (Lipinski definition) is 5. The van der Waals surface area contributed by atoms with E-state index in [4.69, 9.17) is 11.6 Å². The summed E-state index contributed by atoms with van der Waals surface area (Å²) in [4.78, 5) is 15.6. The number of allylic oxidation sites excluding steroid dienone is 1. The lowest BCUT2D eigenvalue weighted by Gasteiger charge is -2.05. The molecule has 4 aromatic rings. The number of aryl methyl sites for hydroxylation is 2. The number of carbonyl (C=O) groups is 1. The Morgan fingerprint density at radius 1 is 1.17 bits per heavy atom. The molecule has 0 saturated heterocycles. The molecule has 2 aromatic carbocycles. The van der Waals surface area contributed by atoms with Gasteiger partial charge in [0.05, 0.1) is 0 Å². The van der Waals surface area contributed by atoms with Crippen LogP contribution in [0.1, 0.15) is 33.9 Å². The molecule has 0 radical (unpaired) electrons. The number of hydrogen-bond donors (Lipinski definition) is 3. The van der Waals surface area contributed by atoms with Crippen LogP contribution < -0.4 is 0 Å². The molecule has 0 atom stereocenters. The van der Waals surface area contributed by atoms with Gasteiger partial charge in [0.15, 0.2) is 0 Å². The Labute approximate surface area is 175 Å². The molecule has 2 aromatic heterocycles. The molecule has 152 valence electrons. The van der Waals surface area contributed by atoms with E-state index in [0.717, 1.165) is 35.7 Å². The Hall–Kier alpha value is -3.52. The zero-order chi connectivity index (χ0) is 21.1. The van der Waals surface area contributed by atoms with E-state index in [1.54, 1.807) is 24.3 Å². The van der Waals surface area contributed by atoms with Gasteiger partial charge in [0.2, 0.25) is 11.6 Å². The number of aromatic amines is 2. The van der Waals surface area contributed by atoms with Crippen LogP contribution in [0.25, 0.3) is 16.7 Å². The third kappa shape index (κ3) is 4.23. The Kier molecular flexibility index (Phi) is 5.58. The molecule has 0 fully saturated rings. The highest BCUT2D eigenvalue weighted by Crippen LogP contribution is 2.31. The number of tetrazole rings is 1. The molecule has 30 heavy (non-hydrogen) atoms. The van der Waals surface area contributed by atoms with Gasteiger partial charge in [-0.15, -0.1) is 10.2 Å². The minimum Gasteiger partial charge on any atom is -0.507 e. The van der Waals surface area contributed by atoms with Gasteiger partial charge in [-0.25, -0.2) is 4.39 Å². The average Bonchev–Trinajstić information content (AvgIpc) is 3.37. The maximum absolute atomic E-state index is 13.1. The summed E-state index contributed by atoms with van der Waals surface area (Å²) in [6.45, 7) is 0. The summed E-state index contributed by atoms with van der Waals surface area (Å²) in [6.07, 6.45) is 3.17. The number of nitrogens with zero attached hydrogens (tertiary/aromatic N) is 3. The molecule has 0 aliphatic heterocycles. The number of carbonyl (C=O) groups excluding carboxylic acids is 1. The number of benzene rings is 2. The van der Waals surface area contributed by atoms with Crippen LogP contribution in [0.15, 0.2) is 48.5 Å². The highest BCUT2D eigenvalue weighted by Gasteiger charge is 2.18. The maximum Gasteiger partial charge on any atom is 0.244 e. The second-order valence-corrected chi connectivity index (χ2v) is 7.21. The summed E-state index contributed by atoms with van der Waals surface area (Å²) in [5, 5.41) is 24.8. The Morgan fingerprint density at radius 3 is 2.70 bits per heavy atom. The van der Waals surface area contributed by atoms with Crippen LogP contribution in [-0.4, -0.2) is 36.5 Å². The van der Waals surface area contributed by atoms with Gasteiger partial charge in [-0.1, -0.05) is 23.7 Å². The van der Waals surface area contributed by atoms with Gasteiger partial charge in [-0.3, -0.25) is 4.79 Å². The molecule has 0 aliphatic rings. The van der Waals surface area contributed by atoms with E-state index in [9.17, 15) is 14.3 Å². The lowest BCUT2D eigenvalue weighted by Crippen LogP contribution is -2.01. The van der Waals surface area contributed by atoms with Crippen molar-refractivity contribution in [2.24, 2.45) is 0 Å². The van der Waals surface area contributed by atoms with Crippen LogP contribution in [0.2, 0.25) is 5.02 Å². The van der Waals surface area contributed by atoms with Crippen LogP contribution >= 0.6 is 11.6 Å². The maximum atomic E-state index is 13.1. The zero-order valence-corrected chi connectivity index (χ0v) is 16.4. The number of rotatable bonds is 7. The third-order valence-electron chi connectivity index (χ3n) is 4.73. The number of fused-ring (bicyclic) bond motifs is 1. The molecular weight excluding hydrogens is 409 g/mol. The second kappa shape index (κ2) is 8.46. The van der Waals surface area contributed by atoms with Crippen LogP contribution in [0.4, 0.5) is 4.39 Å². The quantitative estimate of drug-likeness (QED) is 0.230. The van der Waals surface area contributed by atoms with Crippen LogP contribution in [0, 0.1) is 5.82 Å². The van der Waals surface area contributed by atoms with Gasteiger partial charge in [-0.05, 0) is 60.4 Å². The van der Waals surface area contributed by atoms with E-state index in [1.165, 1.54) is 12.1 Å². The standard InChI is InChI=1S/C21H17ClFN5O2/c22-13-6-9-16-15(10-13)20(18(29)11-19(30)21-25-27-28-26-21)17(24-16)3-1-2-12-4-7-14(23)8-5-12/h4-11,24,29H,1-3H2,(H,25,26,27,28). The molecule has 0 saturated carbocycles. The predicted molar refractivity (Wildman–Crippen MR) is 111 cm³/mol. The summed E-state index contributed by atoms with van der Waals surface area (Å²) < 4.78 is 13.1. The third-order valence-corrected chi connectivity index (χ3v) is 4.97. The van der Waals surface area contributed by atoms with E-state index < -0.39 is 5.78 Å². The van der Waals surface area contributed by atoms with Crippen molar-refractivity contribution < 1.29 is 14.3 Å². The van der Waals surface area contributed by atoms with Crippen molar-refractivity contribution in [3.05, 3.63) is 82.0 Å². The fourth-order valence-corrected chi connectivity index (χ4v) is 3.52. The van der Waals surface area contributed by atoms with Gasteiger partial charge in [0.25, 0.3) is 0 Å². The Morgan fingerprint density at radius 2 is 1.97 bits per heavy atom. The topological polar surface area (TPSA) is 108 Å². The van der Waals surface area contributed by atoms with Crippen molar-refractivity contribution >= 4 is 34.0 Å². The van der Waals surface area contributed by atoms with Crippen LogP contribution in [0.5, 0.6) is 0 Å². The number of aliphatic hydroxyl groups is 1. The molecule has 0 bridgehead atoms. The van der Waals surface area contributed by atoms with E-state index in [0.29, 0.717) is 22.4 Å². The van der Waals surface area contributed by atoms with Crippen LogP contribution in [0.3, 0.4) is 0 Å². The first kappa shape index (κ1) is 19.8. The minimum atomic E-state index is -0.574. The highest BCUT2D eigenvalue weighted by molar-refractivity contribution is 6.31. The summed E-state index contributed by atoms with van der Waals surface area (Å²) in [7, 11) is 0. The summed E-state index contributed by atoms with van der Waals surface area (Å²) in [5.74, 6) is -1.20. The molecule has 4 rings (SSSR count).